The van der Waals surface area contributed by atoms with Crippen molar-refractivity contribution in [1.29, 1.82) is 0 Å². The van der Waals surface area contributed by atoms with Crippen molar-refractivity contribution in [3.63, 3.8) is 0 Å². The van der Waals surface area contributed by atoms with Crippen molar-refractivity contribution in [1.82, 2.24) is 4.90 Å². The van der Waals surface area contributed by atoms with Crippen LogP contribution in [-0.4, -0.2) is 41.6 Å². The van der Waals surface area contributed by atoms with E-state index < -0.39 is 5.97 Å². The van der Waals surface area contributed by atoms with E-state index in [2.05, 4.69) is 9.64 Å². The Morgan fingerprint density at radius 3 is 2.30 bits per heavy atom. The lowest BCUT2D eigenvalue weighted by molar-refractivity contribution is -0.137. The lowest BCUT2D eigenvalue weighted by atomic mass is 10.1. The molecule has 0 spiro atoms. The Morgan fingerprint density at radius 2 is 1.85 bits per heavy atom. The highest BCUT2D eigenvalue weighted by atomic mass is 16.5. The fraction of sp³-hybridized carbons (Fsp3) is 0.467. The molecule has 1 N–H and O–H groups in total. The van der Waals surface area contributed by atoms with Crippen molar-refractivity contribution in [2.24, 2.45) is 0 Å². The fourth-order valence-corrected chi connectivity index (χ4v) is 1.86. The molecular weight excluding hydrogens is 258 g/mol. The maximum atomic E-state index is 11.3. The summed E-state index contributed by atoms with van der Waals surface area (Å²) in [7, 11) is 1.35. The van der Waals surface area contributed by atoms with Gasteiger partial charge in [0.15, 0.2) is 0 Å². The molecular formula is C15H21NO4. The van der Waals surface area contributed by atoms with Crippen molar-refractivity contribution < 1.29 is 19.4 Å². The summed E-state index contributed by atoms with van der Waals surface area (Å²) in [5, 5.41) is 8.76. The summed E-state index contributed by atoms with van der Waals surface area (Å²) in [5.41, 5.74) is 1.55. The highest BCUT2D eigenvalue weighted by Crippen LogP contribution is 2.11. The van der Waals surface area contributed by atoms with Crippen LogP contribution in [0, 0.1) is 0 Å². The van der Waals surface area contributed by atoms with Gasteiger partial charge in [0.05, 0.1) is 19.1 Å². The van der Waals surface area contributed by atoms with Gasteiger partial charge in [0.1, 0.15) is 0 Å². The number of rotatable bonds is 7. The van der Waals surface area contributed by atoms with E-state index in [-0.39, 0.29) is 18.4 Å². The first-order valence-electron chi connectivity index (χ1n) is 6.57. The Labute approximate surface area is 119 Å². The van der Waals surface area contributed by atoms with Gasteiger partial charge in [0.2, 0.25) is 0 Å². The molecule has 1 aromatic rings. The molecule has 5 heteroatoms. The standard InChI is InChI=1S/C15H21NO4/c1-11(2)16(9-8-14(17)18)10-12-4-6-13(7-5-12)15(19)20-3/h4-7,11H,8-10H2,1-3H3,(H,17,18). The molecule has 0 aliphatic carbocycles. The Balaban J connectivity index is 2.68. The van der Waals surface area contributed by atoms with Gasteiger partial charge in [-0.2, -0.15) is 0 Å². The summed E-state index contributed by atoms with van der Waals surface area (Å²) in [6, 6.07) is 7.42. The fourth-order valence-electron chi connectivity index (χ4n) is 1.86. The molecule has 0 saturated heterocycles. The largest absolute Gasteiger partial charge is 0.481 e. The van der Waals surface area contributed by atoms with Gasteiger partial charge < -0.3 is 9.84 Å². The first-order valence-corrected chi connectivity index (χ1v) is 6.57. The van der Waals surface area contributed by atoms with E-state index in [1.165, 1.54) is 7.11 Å². The minimum atomic E-state index is -0.795. The summed E-state index contributed by atoms with van der Waals surface area (Å²) < 4.78 is 4.65. The van der Waals surface area contributed by atoms with Crippen LogP contribution in [0.3, 0.4) is 0 Å². The van der Waals surface area contributed by atoms with Crippen molar-refractivity contribution in [2.75, 3.05) is 13.7 Å². The maximum Gasteiger partial charge on any atom is 0.337 e. The topological polar surface area (TPSA) is 66.8 Å². The summed E-state index contributed by atoms with van der Waals surface area (Å²) in [6.07, 6.45) is 0.123. The summed E-state index contributed by atoms with van der Waals surface area (Å²) in [4.78, 5) is 24.1. The molecule has 0 bridgehead atoms. The Bertz CT molecular complexity index is 453. The summed E-state index contributed by atoms with van der Waals surface area (Å²) >= 11 is 0. The highest BCUT2D eigenvalue weighted by molar-refractivity contribution is 5.89. The van der Waals surface area contributed by atoms with Crippen LogP contribution in [0.2, 0.25) is 0 Å². The average Bonchev–Trinajstić information content (AvgIpc) is 2.42. The molecule has 0 saturated carbocycles. The molecule has 0 amide bonds. The normalized spacial score (nSPS) is 10.8. The minimum Gasteiger partial charge on any atom is -0.481 e. The number of esters is 1. The monoisotopic (exact) mass is 279 g/mol. The Kier molecular flexibility index (Phi) is 6.18. The van der Waals surface area contributed by atoms with E-state index in [9.17, 15) is 9.59 Å². The van der Waals surface area contributed by atoms with E-state index in [1.54, 1.807) is 12.1 Å². The predicted octanol–water partition coefficient (Wildman–Crippen LogP) is 2.16. The maximum absolute atomic E-state index is 11.3. The van der Waals surface area contributed by atoms with E-state index in [0.717, 1.165) is 5.56 Å². The number of carbonyl (C=O) groups is 2. The molecule has 5 nitrogen and oxygen atoms in total. The number of ether oxygens (including phenoxy) is 1. The number of hydrogen-bond acceptors (Lipinski definition) is 4. The van der Waals surface area contributed by atoms with Gasteiger partial charge in [0.25, 0.3) is 0 Å². The number of nitrogens with zero attached hydrogens (tertiary/aromatic N) is 1. The average molecular weight is 279 g/mol. The molecule has 0 heterocycles. The van der Waals surface area contributed by atoms with Crippen LogP contribution in [0.4, 0.5) is 0 Å². The lowest BCUT2D eigenvalue weighted by Gasteiger charge is -2.25. The number of hydrogen-bond donors (Lipinski definition) is 1. The first-order chi connectivity index (χ1) is 9.43. The molecule has 0 unspecified atom stereocenters. The molecule has 0 fully saturated rings. The molecule has 1 rings (SSSR count). The number of carboxylic acid groups (broad SMARTS) is 1. The summed E-state index contributed by atoms with van der Waals surface area (Å²) in [5.74, 6) is -1.15. The second kappa shape index (κ2) is 7.65. The molecule has 0 atom stereocenters. The quantitative estimate of drug-likeness (QED) is 0.775. The zero-order chi connectivity index (χ0) is 15.1. The number of benzene rings is 1. The minimum absolute atomic E-state index is 0.123. The number of methoxy groups -OCH3 is 1. The molecule has 0 radical (unpaired) electrons. The van der Waals surface area contributed by atoms with Crippen molar-refractivity contribution >= 4 is 11.9 Å². The third-order valence-electron chi connectivity index (χ3n) is 3.10. The van der Waals surface area contributed by atoms with Crippen molar-refractivity contribution in [2.45, 2.75) is 32.9 Å². The first kappa shape index (κ1) is 16.2. The molecule has 0 aliphatic rings. The molecule has 110 valence electrons. The van der Waals surface area contributed by atoms with Crippen LogP contribution in [-0.2, 0) is 16.1 Å². The van der Waals surface area contributed by atoms with Gasteiger partial charge in [-0.25, -0.2) is 4.79 Å². The van der Waals surface area contributed by atoms with Gasteiger partial charge in [-0.15, -0.1) is 0 Å². The third kappa shape index (κ3) is 5.01. The zero-order valence-electron chi connectivity index (χ0n) is 12.1. The third-order valence-corrected chi connectivity index (χ3v) is 3.10. The van der Waals surface area contributed by atoms with Gasteiger partial charge in [0, 0.05) is 19.1 Å². The van der Waals surface area contributed by atoms with E-state index in [1.807, 2.05) is 26.0 Å². The Hall–Kier alpha value is -1.88. The van der Waals surface area contributed by atoms with Crippen LogP contribution >= 0.6 is 0 Å². The van der Waals surface area contributed by atoms with E-state index in [4.69, 9.17) is 5.11 Å². The zero-order valence-corrected chi connectivity index (χ0v) is 12.1. The van der Waals surface area contributed by atoms with Crippen LogP contribution in [0.5, 0.6) is 0 Å². The molecule has 0 aliphatic heterocycles. The molecule has 1 aromatic carbocycles. The second-order valence-electron chi connectivity index (χ2n) is 4.90. The number of aliphatic carboxylic acids is 1. The van der Waals surface area contributed by atoms with Crippen molar-refractivity contribution in [3.8, 4) is 0 Å². The number of carbonyl (C=O) groups excluding carboxylic acids is 1. The van der Waals surface area contributed by atoms with Gasteiger partial charge in [-0.1, -0.05) is 12.1 Å². The van der Waals surface area contributed by atoms with E-state index >= 15 is 0 Å². The van der Waals surface area contributed by atoms with Crippen molar-refractivity contribution in [3.05, 3.63) is 35.4 Å². The summed E-state index contributed by atoms with van der Waals surface area (Å²) in [6.45, 7) is 5.23. The SMILES string of the molecule is COC(=O)c1ccc(CN(CCC(=O)O)C(C)C)cc1. The van der Waals surface area contributed by atoms with Crippen LogP contribution < -0.4 is 0 Å². The Morgan fingerprint density at radius 1 is 1.25 bits per heavy atom. The smallest absolute Gasteiger partial charge is 0.337 e. The lowest BCUT2D eigenvalue weighted by Crippen LogP contribution is -2.32. The van der Waals surface area contributed by atoms with Crippen LogP contribution in [0.1, 0.15) is 36.2 Å². The molecule has 0 aromatic heterocycles. The van der Waals surface area contributed by atoms with E-state index in [0.29, 0.717) is 18.7 Å². The van der Waals surface area contributed by atoms with Crippen LogP contribution in [0.15, 0.2) is 24.3 Å². The predicted molar refractivity (Wildman–Crippen MR) is 75.6 cm³/mol. The van der Waals surface area contributed by atoms with Gasteiger partial charge in [-0.3, -0.25) is 9.69 Å². The van der Waals surface area contributed by atoms with Gasteiger partial charge in [-0.05, 0) is 31.5 Å². The number of carboxylic acids is 1. The highest BCUT2D eigenvalue weighted by Gasteiger charge is 2.12. The van der Waals surface area contributed by atoms with Gasteiger partial charge >= 0.3 is 11.9 Å². The second-order valence-corrected chi connectivity index (χ2v) is 4.90. The molecule has 20 heavy (non-hydrogen) atoms. The van der Waals surface area contributed by atoms with Crippen LogP contribution in [0.25, 0.3) is 0 Å².